The number of hydrogen-bond acceptors (Lipinski definition) is 4. The summed E-state index contributed by atoms with van der Waals surface area (Å²) in [6, 6.07) is -0.948. The van der Waals surface area contributed by atoms with E-state index in [4.69, 9.17) is 0 Å². The Hall–Kier alpha value is -1.15. The Bertz CT molecular complexity index is 600. The van der Waals surface area contributed by atoms with Crippen LogP contribution in [0.15, 0.2) is 0 Å². The average molecular weight is 358 g/mol. The SMILES string of the molecule is O=C(O)[C@@H]1CCCN1S(=O)(=O)C1CCCN(C(=O)C2CCCC2)C1. The molecule has 2 heterocycles. The largest absolute Gasteiger partial charge is 0.480 e. The number of nitrogens with zero attached hydrogens (tertiary/aromatic N) is 2. The zero-order valence-electron chi connectivity index (χ0n) is 13.9. The van der Waals surface area contributed by atoms with Crippen molar-refractivity contribution in [2.24, 2.45) is 5.92 Å². The van der Waals surface area contributed by atoms with Gasteiger partial charge in [0.15, 0.2) is 0 Å². The van der Waals surface area contributed by atoms with Gasteiger partial charge in [0.05, 0.1) is 5.25 Å². The van der Waals surface area contributed by atoms with E-state index in [1.165, 1.54) is 0 Å². The molecule has 0 bridgehead atoms. The zero-order valence-corrected chi connectivity index (χ0v) is 14.7. The first kappa shape index (κ1) is 17.7. The molecule has 0 aromatic carbocycles. The first-order chi connectivity index (χ1) is 11.4. The molecule has 1 N–H and O–H groups in total. The zero-order chi connectivity index (χ0) is 17.3. The molecule has 3 fully saturated rings. The van der Waals surface area contributed by atoms with E-state index >= 15 is 0 Å². The Balaban J connectivity index is 1.71. The van der Waals surface area contributed by atoms with E-state index in [9.17, 15) is 23.1 Å². The Morgan fingerprint density at radius 3 is 2.25 bits per heavy atom. The number of piperidine rings is 1. The van der Waals surface area contributed by atoms with Gasteiger partial charge in [0, 0.05) is 25.6 Å². The Morgan fingerprint density at radius 2 is 1.58 bits per heavy atom. The van der Waals surface area contributed by atoms with Crippen LogP contribution in [0.1, 0.15) is 51.4 Å². The second kappa shape index (κ2) is 7.00. The van der Waals surface area contributed by atoms with E-state index < -0.39 is 27.3 Å². The van der Waals surface area contributed by atoms with Gasteiger partial charge in [-0.2, -0.15) is 4.31 Å². The summed E-state index contributed by atoms with van der Waals surface area (Å²) in [4.78, 5) is 25.6. The predicted octanol–water partition coefficient (Wildman–Crippen LogP) is 1.05. The van der Waals surface area contributed by atoms with E-state index in [2.05, 4.69) is 0 Å². The molecule has 8 heteroatoms. The second-order valence-electron chi connectivity index (χ2n) is 7.18. The van der Waals surface area contributed by atoms with Crippen molar-refractivity contribution in [2.45, 2.75) is 62.7 Å². The van der Waals surface area contributed by atoms with Crippen LogP contribution in [-0.2, 0) is 19.6 Å². The molecule has 0 aromatic heterocycles. The van der Waals surface area contributed by atoms with Crippen molar-refractivity contribution in [2.75, 3.05) is 19.6 Å². The summed E-state index contributed by atoms with van der Waals surface area (Å²) in [5, 5.41) is 8.59. The molecule has 2 saturated heterocycles. The van der Waals surface area contributed by atoms with Crippen LogP contribution in [0, 0.1) is 5.92 Å². The summed E-state index contributed by atoms with van der Waals surface area (Å²) in [6.45, 7) is 1.09. The highest BCUT2D eigenvalue weighted by atomic mass is 32.2. The van der Waals surface area contributed by atoms with Crippen LogP contribution in [0.2, 0.25) is 0 Å². The lowest BCUT2D eigenvalue weighted by Gasteiger charge is -2.36. The van der Waals surface area contributed by atoms with Crippen molar-refractivity contribution < 1.29 is 23.1 Å². The highest BCUT2D eigenvalue weighted by molar-refractivity contribution is 7.89. The number of sulfonamides is 1. The minimum Gasteiger partial charge on any atom is -0.480 e. The standard InChI is InChI=1S/C16H26N2O5S/c19-15(12-5-1-2-6-12)17-9-3-7-13(11-17)24(22,23)18-10-4-8-14(18)16(20)21/h12-14H,1-11H2,(H,20,21)/t13?,14-/m0/s1. The van der Waals surface area contributed by atoms with Crippen molar-refractivity contribution in [1.29, 1.82) is 0 Å². The summed E-state index contributed by atoms with van der Waals surface area (Å²) in [5.74, 6) is -0.945. The first-order valence-electron chi connectivity index (χ1n) is 8.93. The van der Waals surface area contributed by atoms with Gasteiger partial charge in [-0.05, 0) is 38.5 Å². The number of rotatable bonds is 4. The van der Waals surface area contributed by atoms with Crippen LogP contribution in [0.25, 0.3) is 0 Å². The van der Waals surface area contributed by atoms with E-state index in [0.717, 1.165) is 30.0 Å². The number of hydrogen-bond donors (Lipinski definition) is 1. The molecule has 1 aliphatic carbocycles. The smallest absolute Gasteiger partial charge is 0.322 e. The quantitative estimate of drug-likeness (QED) is 0.810. The van der Waals surface area contributed by atoms with Gasteiger partial charge in [0.2, 0.25) is 15.9 Å². The molecule has 1 amide bonds. The number of amides is 1. The molecule has 24 heavy (non-hydrogen) atoms. The minimum absolute atomic E-state index is 0.0463. The molecule has 1 unspecified atom stereocenters. The summed E-state index contributed by atoms with van der Waals surface area (Å²) in [5.41, 5.74) is 0. The fourth-order valence-electron chi connectivity index (χ4n) is 4.30. The Morgan fingerprint density at radius 1 is 0.917 bits per heavy atom. The van der Waals surface area contributed by atoms with E-state index in [0.29, 0.717) is 32.2 Å². The fraction of sp³-hybridized carbons (Fsp3) is 0.875. The lowest BCUT2D eigenvalue weighted by atomic mass is 10.0. The van der Waals surface area contributed by atoms with Gasteiger partial charge in [0.25, 0.3) is 0 Å². The topological polar surface area (TPSA) is 95.0 Å². The summed E-state index contributed by atoms with van der Waals surface area (Å²) < 4.78 is 27.0. The van der Waals surface area contributed by atoms with E-state index in [1.54, 1.807) is 4.90 Å². The van der Waals surface area contributed by atoms with Crippen molar-refractivity contribution in [3.05, 3.63) is 0 Å². The third-order valence-corrected chi connectivity index (χ3v) is 7.95. The molecule has 136 valence electrons. The van der Waals surface area contributed by atoms with Crippen molar-refractivity contribution >= 4 is 21.9 Å². The molecule has 7 nitrogen and oxygen atoms in total. The molecular formula is C16H26N2O5S. The first-order valence-corrected chi connectivity index (χ1v) is 10.4. The van der Waals surface area contributed by atoms with Crippen LogP contribution >= 0.6 is 0 Å². The van der Waals surface area contributed by atoms with Crippen LogP contribution < -0.4 is 0 Å². The number of carboxylic acids is 1. The maximum absolute atomic E-state index is 12.9. The maximum Gasteiger partial charge on any atom is 0.322 e. The number of carbonyl (C=O) groups excluding carboxylic acids is 1. The Labute approximate surface area is 143 Å². The summed E-state index contributed by atoms with van der Waals surface area (Å²) in [7, 11) is -3.69. The third-order valence-electron chi connectivity index (χ3n) is 5.63. The van der Waals surface area contributed by atoms with Gasteiger partial charge in [-0.25, -0.2) is 8.42 Å². The monoisotopic (exact) mass is 358 g/mol. The lowest BCUT2D eigenvalue weighted by Crippen LogP contribution is -2.52. The number of aliphatic carboxylic acids is 1. The Kier molecular flexibility index (Phi) is 5.15. The van der Waals surface area contributed by atoms with Gasteiger partial charge in [-0.15, -0.1) is 0 Å². The molecule has 3 aliphatic rings. The third kappa shape index (κ3) is 3.31. The van der Waals surface area contributed by atoms with Crippen LogP contribution in [0.4, 0.5) is 0 Å². The van der Waals surface area contributed by atoms with Gasteiger partial charge >= 0.3 is 5.97 Å². The van der Waals surface area contributed by atoms with Crippen molar-refractivity contribution in [1.82, 2.24) is 9.21 Å². The normalized spacial score (nSPS) is 29.9. The van der Waals surface area contributed by atoms with Gasteiger partial charge < -0.3 is 10.0 Å². The molecule has 0 spiro atoms. The van der Waals surface area contributed by atoms with Crippen LogP contribution in [0.5, 0.6) is 0 Å². The molecule has 0 aromatic rings. The molecule has 2 atom stereocenters. The number of carbonyl (C=O) groups is 2. The van der Waals surface area contributed by atoms with Crippen LogP contribution in [-0.4, -0.2) is 65.5 Å². The number of carboxylic acid groups (broad SMARTS) is 1. The molecule has 3 rings (SSSR count). The molecule has 2 aliphatic heterocycles. The molecular weight excluding hydrogens is 332 g/mol. The maximum atomic E-state index is 12.9. The number of likely N-dealkylation sites (tertiary alicyclic amines) is 1. The predicted molar refractivity (Wildman–Crippen MR) is 87.8 cm³/mol. The highest BCUT2D eigenvalue weighted by Crippen LogP contribution is 2.31. The lowest BCUT2D eigenvalue weighted by molar-refractivity contribution is -0.141. The highest BCUT2D eigenvalue weighted by Gasteiger charge is 2.44. The summed E-state index contributed by atoms with van der Waals surface area (Å²) in [6.07, 6.45) is 6.05. The second-order valence-corrected chi connectivity index (χ2v) is 9.35. The minimum atomic E-state index is -3.69. The van der Waals surface area contributed by atoms with Crippen molar-refractivity contribution in [3.8, 4) is 0 Å². The molecule has 0 radical (unpaired) electrons. The average Bonchev–Trinajstić information content (AvgIpc) is 3.25. The van der Waals surface area contributed by atoms with Gasteiger partial charge in [0.1, 0.15) is 6.04 Å². The van der Waals surface area contributed by atoms with E-state index in [1.807, 2.05) is 0 Å². The molecule has 1 saturated carbocycles. The van der Waals surface area contributed by atoms with E-state index in [-0.39, 0.29) is 24.9 Å². The summed E-state index contributed by atoms with van der Waals surface area (Å²) >= 11 is 0. The van der Waals surface area contributed by atoms with Gasteiger partial charge in [-0.1, -0.05) is 12.8 Å². The van der Waals surface area contributed by atoms with Crippen molar-refractivity contribution in [3.63, 3.8) is 0 Å². The van der Waals surface area contributed by atoms with Gasteiger partial charge in [-0.3, -0.25) is 9.59 Å². The van der Waals surface area contributed by atoms with Crippen LogP contribution in [0.3, 0.4) is 0 Å². The fourth-order valence-corrected chi connectivity index (χ4v) is 6.45.